The molecule has 144 valence electrons. The van der Waals surface area contributed by atoms with Crippen LogP contribution in [0.15, 0.2) is 17.2 Å². The molecule has 2 amide bonds. The minimum absolute atomic E-state index is 0.0373. The van der Waals surface area contributed by atoms with Gasteiger partial charge in [-0.2, -0.15) is 0 Å². The van der Waals surface area contributed by atoms with Gasteiger partial charge in [0.05, 0.1) is 0 Å². The SMILES string of the molecule is CC(C)Cn1cc(C(=O)NC(C)C)c(=O)c(C(=O)N2CCC[C@H](C)C2)c1. The van der Waals surface area contributed by atoms with Gasteiger partial charge in [-0.25, -0.2) is 0 Å². The van der Waals surface area contributed by atoms with Gasteiger partial charge in [-0.1, -0.05) is 20.8 Å². The summed E-state index contributed by atoms with van der Waals surface area (Å²) in [7, 11) is 0. The monoisotopic (exact) mass is 361 g/mol. The van der Waals surface area contributed by atoms with Crippen LogP contribution in [0, 0.1) is 11.8 Å². The molecule has 6 nitrogen and oxygen atoms in total. The van der Waals surface area contributed by atoms with E-state index < -0.39 is 11.3 Å². The molecule has 0 aliphatic carbocycles. The molecule has 2 rings (SSSR count). The summed E-state index contributed by atoms with van der Waals surface area (Å²) in [6.07, 6.45) is 5.21. The molecule has 0 unspecified atom stereocenters. The number of nitrogens with one attached hydrogen (secondary N) is 1. The van der Waals surface area contributed by atoms with Crippen molar-refractivity contribution >= 4 is 11.8 Å². The van der Waals surface area contributed by atoms with Crippen molar-refractivity contribution in [2.75, 3.05) is 13.1 Å². The van der Waals surface area contributed by atoms with Crippen molar-refractivity contribution in [1.29, 1.82) is 0 Å². The predicted octanol–water partition coefficient (Wildman–Crippen LogP) is 2.51. The van der Waals surface area contributed by atoms with E-state index >= 15 is 0 Å². The zero-order chi connectivity index (χ0) is 19.4. The zero-order valence-electron chi connectivity index (χ0n) is 16.5. The Bertz CT molecular complexity index is 722. The molecule has 6 heteroatoms. The molecule has 1 aromatic rings. The third kappa shape index (κ3) is 4.96. The molecule has 1 fully saturated rings. The number of hydrogen-bond acceptors (Lipinski definition) is 3. The molecular weight excluding hydrogens is 330 g/mol. The fourth-order valence-electron chi connectivity index (χ4n) is 3.36. The van der Waals surface area contributed by atoms with Gasteiger partial charge in [0.1, 0.15) is 11.1 Å². The number of piperidine rings is 1. The molecule has 1 atom stereocenters. The Hall–Kier alpha value is -2.11. The van der Waals surface area contributed by atoms with Gasteiger partial charge in [-0.3, -0.25) is 14.4 Å². The number of carbonyl (C=O) groups excluding carboxylic acids is 2. The van der Waals surface area contributed by atoms with E-state index in [9.17, 15) is 14.4 Å². The van der Waals surface area contributed by atoms with Gasteiger partial charge in [0.15, 0.2) is 0 Å². The maximum absolute atomic E-state index is 13.0. The van der Waals surface area contributed by atoms with Gasteiger partial charge >= 0.3 is 0 Å². The van der Waals surface area contributed by atoms with Crippen molar-refractivity contribution < 1.29 is 9.59 Å². The Morgan fingerprint density at radius 2 is 1.85 bits per heavy atom. The van der Waals surface area contributed by atoms with Crippen molar-refractivity contribution in [1.82, 2.24) is 14.8 Å². The molecule has 1 saturated heterocycles. The van der Waals surface area contributed by atoms with E-state index in [1.165, 1.54) is 0 Å². The standard InChI is InChI=1S/C20H31N3O3/c1-13(2)9-22-11-16(19(25)21-14(3)4)18(24)17(12-22)20(26)23-8-6-7-15(5)10-23/h11-15H,6-10H2,1-5H3,(H,21,25)/t15-/m0/s1. The Morgan fingerprint density at radius 3 is 2.42 bits per heavy atom. The second kappa shape index (κ2) is 8.52. The van der Waals surface area contributed by atoms with E-state index in [0.717, 1.165) is 12.8 Å². The average molecular weight is 361 g/mol. The minimum Gasteiger partial charge on any atom is -0.352 e. The fraction of sp³-hybridized carbons (Fsp3) is 0.650. The summed E-state index contributed by atoms with van der Waals surface area (Å²) in [5, 5.41) is 2.76. The van der Waals surface area contributed by atoms with E-state index in [1.807, 2.05) is 13.8 Å². The van der Waals surface area contributed by atoms with Gasteiger partial charge in [-0.05, 0) is 38.5 Å². The average Bonchev–Trinajstić information content (AvgIpc) is 2.54. The van der Waals surface area contributed by atoms with Crippen molar-refractivity contribution in [3.8, 4) is 0 Å². The van der Waals surface area contributed by atoms with Crippen LogP contribution in [-0.2, 0) is 6.54 Å². The molecular formula is C20H31N3O3. The fourth-order valence-corrected chi connectivity index (χ4v) is 3.36. The topological polar surface area (TPSA) is 71.4 Å². The summed E-state index contributed by atoms with van der Waals surface area (Å²) in [6.45, 7) is 11.9. The first kappa shape index (κ1) is 20.2. The number of nitrogens with zero attached hydrogens (tertiary/aromatic N) is 2. The first-order chi connectivity index (χ1) is 12.2. The molecule has 1 aliphatic heterocycles. The van der Waals surface area contributed by atoms with Crippen LogP contribution in [0.1, 0.15) is 68.2 Å². The van der Waals surface area contributed by atoms with Crippen molar-refractivity contribution in [2.45, 2.75) is 60.0 Å². The molecule has 0 saturated carbocycles. The second-order valence-electron chi connectivity index (χ2n) is 8.13. The third-order valence-electron chi connectivity index (χ3n) is 4.49. The van der Waals surface area contributed by atoms with Gasteiger partial charge in [0.25, 0.3) is 11.8 Å². The molecule has 0 aromatic carbocycles. The van der Waals surface area contributed by atoms with Crippen LogP contribution >= 0.6 is 0 Å². The molecule has 1 aromatic heterocycles. The Kier molecular flexibility index (Phi) is 6.62. The summed E-state index contributed by atoms with van der Waals surface area (Å²) in [6, 6.07) is -0.0808. The highest BCUT2D eigenvalue weighted by atomic mass is 16.2. The lowest BCUT2D eigenvalue weighted by atomic mass is 9.99. The van der Waals surface area contributed by atoms with Gasteiger partial charge in [0.2, 0.25) is 5.43 Å². The second-order valence-corrected chi connectivity index (χ2v) is 8.13. The van der Waals surface area contributed by atoms with Crippen LogP contribution in [0.2, 0.25) is 0 Å². The lowest BCUT2D eigenvalue weighted by Gasteiger charge is -2.31. The number of pyridine rings is 1. The number of likely N-dealkylation sites (tertiary alicyclic amines) is 1. The van der Waals surface area contributed by atoms with Crippen molar-refractivity contribution in [3.05, 3.63) is 33.7 Å². The number of aromatic nitrogens is 1. The first-order valence-corrected chi connectivity index (χ1v) is 9.53. The number of amides is 2. The number of hydrogen-bond donors (Lipinski definition) is 1. The lowest BCUT2D eigenvalue weighted by molar-refractivity contribution is 0.0680. The van der Waals surface area contributed by atoms with E-state index in [0.29, 0.717) is 31.5 Å². The Morgan fingerprint density at radius 1 is 1.19 bits per heavy atom. The van der Waals surface area contributed by atoms with Crippen LogP contribution in [0.3, 0.4) is 0 Å². The Balaban J connectivity index is 2.44. The summed E-state index contributed by atoms with van der Waals surface area (Å²) < 4.78 is 1.79. The van der Waals surface area contributed by atoms with Crippen LogP contribution in [0.25, 0.3) is 0 Å². The van der Waals surface area contributed by atoms with Crippen LogP contribution < -0.4 is 10.7 Å². The first-order valence-electron chi connectivity index (χ1n) is 9.53. The van der Waals surface area contributed by atoms with Crippen LogP contribution in [0.5, 0.6) is 0 Å². The summed E-state index contributed by atoms with van der Waals surface area (Å²) in [5.74, 6) is 0.0666. The van der Waals surface area contributed by atoms with Gasteiger partial charge in [-0.15, -0.1) is 0 Å². The molecule has 1 aliphatic rings. The van der Waals surface area contributed by atoms with E-state index in [1.54, 1.807) is 21.9 Å². The quantitative estimate of drug-likeness (QED) is 0.876. The summed E-state index contributed by atoms with van der Waals surface area (Å²) in [4.78, 5) is 40.1. The molecule has 0 spiro atoms. The molecule has 0 radical (unpaired) electrons. The third-order valence-corrected chi connectivity index (χ3v) is 4.49. The van der Waals surface area contributed by atoms with Crippen LogP contribution in [0.4, 0.5) is 0 Å². The van der Waals surface area contributed by atoms with E-state index in [-0.39, 0.29) is 23.1 Å². The maximum atomic E-state index is 13.0. The zero-order valence-corrected chi connectivity index (χ0v) is 16.5. The highest BCUT2D eigenvalue weighted by molar-refractivity contribution is 5.99. The molecule has 26 heavy (non-hydrogen) atoms. The summed E-state index contributed by atoms with van der Waals surface area (Å²) >= 11 is 0. The molecule has 2 heterocycles. The molecule has 0 bridgehead atoms. The van der Waals surface area contributed by atoms with Crippen LogP contribution in [-0.4, -0.2) is 40.4 Å². The van der Waals surface area contributed by atoms with Crippen molar-refractivity contribution in [2.24, 2.45) is 11.8 Å². The highest BCUT2D eigenvalue weighted by Crippen LogP contribution is 2.17. The normalized spacial score (nSPS) is 17.7. The van der Waals surface area contributed by atoms with Crippen molar-refractivity contribution in [3.63, 3.8) is 0 Å². The maximum Gasteiger partial charge on any atom is 0.259 e. The number of rotatable bonds is 5. The Labute approximate surface area is 155 Å². The van der Waals surface area contributed by atoms with E-state index in [2.05, 4.69) is 26.1 Å². The minimum atomic E-state index is -0.480. The van der Waals surface area contributed by atoms with Gasteiger partial charge in [0, 0.05) is 38.1 Å². The number of carbonyl (C=O) groups is 2. The molecule has 1 N–H and O–H groups in total. The highest BCUT2D eigenvalue weighted by Gasteiger charge is 2.26. The largest absolute Gasteiger partial charge is 0.352 e. The predicted molar refractivity (Wildman–Crippen MR) is 102 cm³/mol. The smallest absolute Gasteiger partial charge is 0.259 e. The lowest BCUT2D eigenvalue weighted by Crippen LogP contribution is -2.42. The summed E-state index contributed by atoms with van der Waals surface area (Å²) in [5.41, 5.74) is -0.349. The van der Waals surface area contributed by atoms with Gasteiger partial charge < -0.3 is 14.8 Å². The van der Waals surface area contributed by atoms with E-state index in [4.69, 9.17) is 0 Å².